The SMILES string of the molecule is CC12CCCCC1=NC(c1ccccc1)C(C#N)(C#N)C2(C#N)C(N)=O. The van der Waals surface area contributed by atoms with Crippen molar-refractivity contribution in [3.8, 4) is 18.2 Å². The van der Waals surface area contributed by atoms with Gasteiger partial charge in [-0.05, 0) is 24.8 Å². The number of nitriles is 3. The lowest BCUT2D eigenvalue weighted by Gasteiger charge is -2.54. The van der Waals surface area contributed by atoms with E-state index in [1.807, 2.05) is 24.3 Å². The Labute approximate surface area is 152 Å². The molecule has 1 aliphatic carbocycles. The maximum atomic E-state index is 12.7. The summed E-state index contributed by atoms with van der Waals surface area (Å²) in [5, 5.41) is 30.4. The monoisotopic (exact) mass is 345 g/mol. The molecule has 1 heterocycles. The molecule has 2 N–H and O–H groups in total. The summed E-state index contributed by atoms with van der Waals surface area (Å²) in [4.78, 5) is 17.5. The van der Waals surface area contributed by atoms with Crippen molar-refractivity contribution in [2.75, 3.05) is 0 Å². The van der Waals surface area contributed by atoms with Crippen LogP contribution in [0.4, 0.5) is 0 Å². The van der Waals surface area contributed by atoms with Crippen LogP contribution in [0.1, 0.15) is 44.2 Å². The number of nitrogens with zero attached hydrogens (tertiary/aromatic N) is 4. The predicted octanol–water partition coefficient (Wildman–Crippen LogP) is 2.79. The lowest BCUT2D eigenvalue weighted by molar-refractivity contribution is -0.135. The van der Waals surface area contributed by atoms with Crippen molar-refractivity contribution in [2.24, 2.45) is 27.0 Å². The van der Waals surface area contributed by atoms with Crippen molar-refractivity contribution in [3.63, 3.8) is 0 Å². The molecule has 0 aromatic heterocycles. The molecule has 1 aromatic rings. The third kappa shape index (κ3) is 1.89. The topological polar surface area (TPSA) is 127 Å². The van der Waals surface area contributed by atoms with Gasteiger partial charge in [0.05, 0.1) is 18.2 Å². The van der Waals surface area contributed by atoms with E-state index in [-0.39, 0.29) is 0 Å². The maximum absolute atomic E-state index is 12.7. The lowest BCUT2D eigenvalue weighted by Crippen LogP contribution is -2.65. The molecule has 2 aliphatic rings. The molecule has 3 rings (SSSR count). The Balaban J connectivity index is 2.44. The van der Waals surface area contributed by atoms with Crippen LogP contribution in [0.25, 0.3) is 0 Å². The van der Waals surface area contributed by atoms with Crippen molar-refractivity contribution in [1.82, 2.24) is 0 Å². The fourth-order valence-electron chi connectivity index (χ4n) is 4.70. The quantitative estimate of drug-likeness (QED) is 0.884. The number of fused-ring (bicyclic) bond motifs is 1. The molecule has 0 radical (unpaired) electrons. The number of hydrogen-bond acceptors (Lipinski definition) is 5. The van der Waals surface area contributed by atoms with E-state index in [1.54, 1.807) is 31.2 Å². The van der Waals surface area contributed by atoms with Crippen molar-refractivity contribution < 1.29 is 4.79 Å². The van der Waals surface area contributed by atoms with Crippen LogP contribution in [0.3, 0.4) is 0 Å². The van der Waals surface area contributed by atoms with Crippen LogP contribution in [0, 0.1) is 50.2 Å². The molecular formula is C20H19N5O. The van der Waals surface area contributed by atoms with Gasteiger partial charge in [0.2, 0.25) is 5.91 Å². The minimum absolute atomic E-state index is 0.495. The zero-order valence-electron chi connectivity index (χ0n) is 14.6. The second-order valence-corrected chi connectivity index (χ2v) is 7.19. The summed E-state index contributed by atoms with van der Waals surface area (Å²) < 4.78 is 0. The first kappa shape index (κ1) is 17.6. The molecule has 1 aromatic carbocycles. The molecule has 1 aliphatic heterocycles. The number of primary amides is 1. The first-order valence-electron chi connectivity index (χ1n) is 8.59. The summed E-state index contributed by atoms with van der Waals surface area (Å²) in [6, 6.07) is 14.0. The number of amides is 1. The number of rotatable bonds is 2. The average Bonchev–Trinajstić information content (AvgIpc) is 2.66. The second kappa shape index (κ2) is 5.97. The third-order valence-corrected chi connectivity index (χ3v) is 6.10. The smallest absolute Gasteiger partial charge is 0.241 e. The Bertz CT molecular complexity index is 887. The van der Waals surface area contributed by atoms with Crippen molar-refractivity contribution in [1.29, 1.82) is 15.8 Å². The fraction of sp³-hybridized carbons (Fsp3) is 0.450. The number of hydrogen-bond donors (Lipinski definition) is 1. The number of carbonyl (C=O) groups excluding carboxylic acids is 1. The Morgan fingerprint density at radius 1 is 1.15 bits per heavy atom. The summed E-state index contributed by atoms with van der Waals surface area (Å²) >= 11 is 0. The molecule has 0 spiro atoms. The van der Waals surface area contributed by atoms with Gasteiger partial charge in [0, 0.05) is 11.1 Å². The van der Waals surface area contributed by atoms with E-state index in [9.17, 15) is 20.6 Å². The number of carbonyl (C=O) groups is 1. The van der Waals surface area contributed by atoms with Gasteiger partial charge in [0.1, 0.15) is 6.04 Å². The molecule has 1 fully saturated rings. The summed E-state index contributed by atoms with van der Waals surface area (Å²) in [7, 11) is 0. The van der Waals surface area contributed by atoms with Gasteiger partial charge in [-0.1, -0.05) is 43.7 Å². The zero-order valence-corrected chi connectivity index (χ0v) is 14.6. The molecule has 1 saturated carbocycles. The van der Waals surface area contributed by atoms with Crippen molar-refractivity contribution in [3.05, 3.63) is 35.9 Å². The molecule has 3 atom stereocenters. The van der Waals surface area contributed by atoms with Gasteiger partial charge < -0.3 is 5.73 Å². The van der Waals surface area contributed by atoms with E-state index in [2.05, 4.69) is 0 Å². The van der Waals surface area contributed by atoms with E-state index in [4.69, 9.17) is 10.7 Å². The van der Waals surface area contributed by atoms with Crippen LogP contribution >= 0.6 is 0 Å². The summed E-state index contributed by atoms with van der Waals surface area (Å²) in [5.74, 6) is -0.930. The highest BCUT2D eigenvalue weighted by molar-refractivity contribution is 6.01. The lowest BCUT2D eigenvalue weighted by atomic mass is 9.44. The van der Waals surface area contributed by atoms with E-state index >= 15 is 0 Å². The summed E-state index contributed by atoms with van der Waals surface area (Å²) in [6.07, 6.45) is 2.80. The standard InChI is InChI=1S/C20H19N5O/c1-18-10-6-5-9-15(18)25-16(14-7-3-2-4-8-14)19(11-21,12-22)20(18,13-23)17(24)26/h2-4,7-8,16H,5-6,9-10H2,1H3,(H2,24,26). The van der Waals surface area contributed by atoms with Crippen LogP contribution in [0.2, 0.25) is 0 Å². The first-order valence-corrected chi connectivity index (χ1v) is 8.59. The molecule has 6 nitrogen and oxygen atoms in total. The number of nitrogens with two attached hydrogens (primary N) is 1. The molecule has 3 unspecified atom stereocenters. The molecule has 6 heteroatoms. The van der Waals surface area contributed by atoms with Gasteiger partial charge >= 0.3 is 0 Å². The Morgan fingerprint density at radius 3 is 2.35 bits per heavy atom. The van der Waals surface area contributed by atoms with E-state index < -0.39 is 28.2 Å². The fourth-order valence-corrected chi connectivity index (χ4v) is 4.70. The van der Waals surface area contributed by atoms with Crippen LogP contribution < -0.4 is 5.73 Å². The highest BCUT2D eigenvalue weighted by Gasteiger charge is 2.74. The number of benzene rings is 1. The van der Waals surface area contributed by atoms with Crippen LogP contribution in [-0.2, 0) is 4.79 Å². The second-order valence-electron chi connectivity index (χ2n) is 7.19. The minimum Gasteiger partial charge on any atom is -0.368 e. The molecule has 26 heavy (non-hydrogen) atoms. The predicted molar refractivity (Wildman–Crippen MR) is 94.1 cm³/mol. The van der Waals surface area contributed by atoms with Crippen molar-refractivity contribution >= 4 is 11.6 Å². The van der Waals surface area contributed by atoms with Gasteiger partial charge in [-0.15, -0.1) is 0 Å². The maximum Gasteiger partial charge on any atom is 0.241 e. The summed E-state index contributed by atoms with van der Waals surface area (Å²) in [6.45, 7) is 1.75. The van der Waals surface area contributed by atoms with E-state index in [0.717, 1.165) is 12.8 Å². The summed E-state index contributed by atoms with van der Waals surface area (Å²) in [5.41, 5.74) is 2.09. The highest BCUT2D eigenvalue weighted by Crippen LogP contribution is 2.64. The third-order valence-electron chi connectivity index (χ3n) is 6.10. The molecular weight excluding hydrogens is 326 g/mol. The molecule has 130 valence electrons. The highest BCUT2D eigenvalue weighted by atomic mass is 16.1. The largest absolute Gasteiger partial charge is 0.368 e. The van der Waals surface area contributed by atoms with Gasteiger partial charge in [-0.3, -0.25) is 9.79 Å². The molecule has 0 saturated heterocycles. The Kier molecular flexibility index (Phi) is 4.05. The van der Waals surface area contributed by atoms with E-state index in [0.29, 0.717) is 24.1 Å². The van der Waals surface area contributed by atoms with Gasteiger partial charge in [0.15, 0.2) is 10.8 Å². The van der Waals surface area contributed by atoms with Crippen molar-refractivity contribution in [2.45, 2.75) is 38.6 Å². The van der Waals surface area contributed by atoms with Gasteiger partial charge in [-0.2, -0.15) is 15.8 Å². The van der Waals surface area contributed by atoms with E-state index in [1.165, 1.54) is 0 Å². The van der Waals surface area contributed by atoms with Crippen LogP contribution in [-0.4, -0.2) is 11.6 Å². The normalized spacial score (nSPS) is 32.1. The van der Waals surface area contributed by atoms with Crippen LogP contribution in [0.5, 0.6) is 0 Å². The molecule has 1 amide bonds. The number of aliphatic imine (C=N–C) groups is 1. The average molecular weight is 345 g/mol. The minimum atomic E-state index is -2.00. The zero-order chi connectivity index (χ0) is 19.0. The van der Waals surface area contributed by atoms with Crippen LogP contribution in [0.15, 0.2) is 35.3 Å². The molecule has 0 bridgehead atoms. The van der Waals surface area contributed by atoms with Gasteiger partial charge in [0.25, 0.3) is 0 Å². The Hall–Kier alpha value is -3.17. The van der Waals surface area contributed by atoms with Gasteiger partial charge in [-0.25, -0.2) is 0 Å². The first-order chi connectivity index (χ1) is 12.4. The Morgan fingerprint density at radius 2 is 1.81 bits per heavy atom.